The summed E-state index contributed by atoms with van der Waals surface area (Å²) in [5.41, 5.74) is 0.538. The molecular weight excluding hydrogens is 276 g/mol. The van der Waals surface area contributed by atoms with Gasteiger partial charge >= 0.3 is 6.61 Å². The molecule has 114 valence electrons. The molecule has 0 N–H and O–H groups in total. The number of benzene rings is 1. The SMILES string of the molecule is CC(C1CC1)N(C(=O)c1ccc(OC(F)F)cc1)C1CC1. The Bertz CT molecular complexity index is 510. The van der Waals surface area contributed by atoms with Gasteiger partial charge in [0.05, 0.1) is 0 Å². The summed E-state index contributed by atoms with van der Waals surface area (Å²) < 4.78 is 28.6. The van der Waals surface area contributed by atoms with E-state index in [4.69, 9.17) is 0 Å². The number of hydrogen-bond acceptors (Lipinski definition) is 2. The lowest BCUT2D eigenvalue weighted by Gasteiger charge is -2.29. The monoisotopic (exact) mass is 295 g/mol. The predicted octanol–water partition coefficient (Wildman–Crippen LogP) is 3.69. The highest BCUT2D eigenvalue weighted by molar-refractivity contribution is 5.95. The molecule has 0 saturated heterocycles. The van der Waals surface area contributed by atoms with Crippen LogP contribution in [0.5, 0.6) is 5.75 Å². The number of alkyl halides is 2. The summed E-state index contributed by atoms with van der Waals surface area (Å²) in [5.74, 6) is 0.700. The van der Waals surface area contributed by atoms with Gasteiger partial charge in [0.1, 0.15) is 5.75 Å². The average molecular weight is 295 g/mol. The fraction of sp³-hybridized carbons (Fsp3) is 0.562. The number of ether oxygens (including phenoxy) is 1. The molecule has 1 atom stereocenters. The van der Waals surface area contributed by atoms with Crippen molar-refractivity contribution in [3.05, 3.63) is 29.8 Å². The summed E-state index contributed by atoms with van der Waals surface area (Å²) in [4.78, 5) is 14.7. The molecule has 2 fully saturated rings. The quantitative estimate of drug-likeness (QED) is 0.801. The highest BCUT2D eigenvalue weighted by atomic mass is 19.3. The Morgan fingerprint density at radius 2 is 1.81 bits per heavy atom. The van der Waals surface area contributed by atoms with Gasteiger partial charge in [-0.15, -0.1) is 0 Å². The lowest BCUT2D eigenvalue weighted by molar-refractivity contribution is -0.0498. The van der Waals surface area contributed by atoms with Crippen LogP contribution >= 0.6 is 0 Å². The van der Waals surface area contributed by atoms with Crippen molar-refractivity contribution in [3.8, 4) is 5.75 Å². The molecule has 3 rings (SSSR count). The second-order valence-corrected chi connectivity index (χ2v) is 5.92. The summed E-state index contributed by atoms with van der Waals surface area (Å²) in [6, 6.07) is 6.59. The van der Waals surface area contributed by atoms with Crippen LogP contribution < -0.4 is 4.74 Å². The third-order valence-corrected chi connectivity index (χ3v) is 4.24. The zero-order valence-corrected chi connectivity index (χ0v) is 12.0. The van der Waals surface area contributed by atoms with Crippen LogP contribution in [-0.2, 0) is 0 Å². The molecule has 0 aliphatic heterocycles. The van der Waals surface area contributed by atoms with Crippen LogP contribution in [0.15, 0.2) is 24.3 Å². The van der Waals surface area contributed by atoms with E-state index >= 15 is 0 Å². The molecule has 0 radical (unpaired) electrons. The highest BCUT2D eigenvalue weighted by Crippen LogP contribution is 2.40. The first-order chi connectivity index (χ1) is 10.1. The summed E-state index contributed by atoms with van der Waals surface area (Å²) in [7, 11) is 0. The number of rotatable bonds is 6. The number of halogens is 2. The third kappa shape index (κ3) is 3.34. The van der Waals surface area contributed by atoms with Gasteiger partial charge in [0.25, 0.3) is 5.91 Å². The van der Waals surface area contributed by atoms with Crippen LogP contribution in [0.25, 0.3) is 0 Å². The van der Waals surface area contributed by atoms with E-state index < -0.39 is 6.61 Å². The van der Waals surface area contributed by atoms with E-state index in [0.29, 0.717) is 17.5 Å². The molecule has 21 heavy (non-hydrogen) atoms. The van der Waals surface area contributed by atoms with E-state index in [2.05, 4.69) is 11.7 Å². The smallest absolute Gasteiger partial charge is 0.387 e. The maximum Gasteiger partial charge on any atom is 0.387 e. The van der Waals surface area contributed by atoms with Gasteiger partial charge in [-0.25, -0.2) is 0 Å². The molecule has 1 amide bonds. The first kappa shape index (κ1) is 14.3. The molecule has 1 aromatic rings. The lowest BCUT2D eigenvalue weighted by atomic mass is 10.1. The molecule has 2 aliphatic rings. The Labute approximate surface area is 122 Å². The standard InChI is InChI=1S/C16H19F2NO2/c1-10(11-2-3-11)19(13-6-7-13)15(20)12-4-8-14(9-5-12)21-16(17)18/h4-5,8-11,13,16H,2-3,6-7H2,1H3. The van der Waals surface area contributed by atoms with Gasteiger partial charge in [-0.2, -0.15) is 8.78 Å². The Balaban J connectivity index is 1.73. The van der Waals surface area contributed by atoms with Gasteiger partial charge in [0, 0.05) is 17.6 Å². The number of carbonyl (C=O) groups is 1. The molecule has 2 saturated carbocycles. The summed E-state index contributed by atoms with van der Waals surface area (Å²) >= 11 is 0. The summed E-state index contributed by atoms with van der Waals surface area (Å²) in [5, 5.41) is 0. The molecular formula is C16H19F2NO2. The molecule has 0 aromatic heterocycles. The molecule has 0 spiro atoms. The van der Waals surface area contributed by atoms with Crippen LogP contribution in [0.3, 0.4) is 0 Å². The molecule has 2 aliphatic carbocycles. The van der Waals surface area contributed by atoms with E-state index in [1.807, 2.05) is 4.90 Å². The molecule has 1 unspecified atom stereocenters. The molecule has 5 heteroatoms. The summed E-state index contributed by atoms with van der Waals surface area (Å²) in [6.45, 7) is -0.730. The third-order valence-electron chi connectivity index (χ3n) is 4.24. The Hall–Kier alpha value is -1.65. The normalized spacial score (nSPS) is 19.4. The van der Waals surface area contributed by atoms with Crippen molar-refractivity contribution in [1.29, 1.82) is 0 Å². The topological polar surface area (TPSA) is 29.5 Å². The molecule has 0 heterocycles. The Kier molecular flexibility index (Phi) is 3.83. The van der Waals surface area contributed by atoms with Crippen LogP contribution in [-0.4, -0.2) is 29.5 Å². The predicted molar refractivity (Wildman–Crippen MR) is 74.5 cm³/mol. The van der Waals surface area contributed by atoms with E-state index in [1.54, 1.807) is 12.1 Å². The van der Waals surface area contributed by atoms with Gasteiger partial charge in [-0.1, -0.05) is 0 Å². The van der Waals surface area contributed by atoms with Crippen molar-refractivity contribution >= 4 is 5.91 Å². The van der Waals surface area contributed by atoms with Crippen molar-refractivity contribution in [3.63, 3.8) is 0 Å². The molecule has 3 nitrogen and oxygen atoms in total. The minimum atomic E-state index is -2.84. The minimum Gasteiger partial charge on any atom is -0.435 e. The van der Waals surface area contributed by atoms with Crippen LogP contribution in [0.1, 0.15) is 43.0 Å². The zero-order valence-electron chi connectivity index (χ0n) is 12.0. The Morgan fingerprint density at radius 1 is 1.19 bits per heavy atom. The van der Waals surface area contributed by atoms with Crippen molar-refractivity contribution in [1.82, 2.24) is 4.90 Å². The van der Waals surface area contributed by atoms with Gasteiger partial charge in [-0.3, -0.25) is 4.79 Å². The lowest BCUT2D eigenvalue weighted by Crippen LogP contribution is -2.41. The van der Waals surface area contributed by atoms with Crippen molar-refractivity contribution in [2.24, 2.45) is 5.92 Å². The second-order valence-electron chi connectivity index (χ2n) is 5.92. The molecule has 0 bridgehead atoms. The van der Waals surface area contributed by atoms with E-state index in [9.17, 15) is 13.6 Å². The Morgan fingerprint density at radius 3 is 2.29 bits per heavy atom. The van der Waals surface area contributed by atoms with E-state index in [-0.39, 0.29) is 17.7 Å². The fourth-order valence-electron chi connectivity index (χ4n) is 2.77. The zero-order chi connectivity index (χ0) is 15.0. The number of amides is 1. The maximum atomic E-state index is 12.7. The largest absolute Gasteiger partial charge is 0.435 e. The highest BCUT2D eigenvalue weighted by Gasteiger charge is 2.41. The van der Waals surface area contributed by atoms with Gasteiger partial charge in [0.2, 0.25) is 0 Å². The molecule has 1 aromatic carbocycles. The summed E-state index contributed by atoms with van der Waals surface area (Å²) in [6.07, 6.45) is 4.52. The number of nitrogens with zero attached hydrogens (tertiary/aromatic N) is 1. The maximum absolute atomic E-state index is 12.7. The van der Waals surface area contributed by atoms with Gasteiger partial charge in [0.15, 0.2) is 0 Å². The number of hydrogen-bond donors (Lipinski definition) is 0. The minimum absolute atomic E-state index is 0.000460. The second kappa shape index (κ2) is 5.62. The van der Waals surface area contributed by atoms with E-state index in [0.717, 1.165) is 12.8 Å². The van der Waals surface area contributed by atoms with Crippen LogP contribution in [0.2, 0.25) is 0 Å². The van der Waals surface area contributed by atoms with Gasteiger partial charge in [-0.05, 0) is 62.8 Å². The van der Waals surface area contributed by atoms with Crippen molar-refractivity contribution in [2.75, 3.05) is 0 Å². The average Bonchev–Trinajstić information content (AvgIpc) is 3.31. The van der Waals surface area contributed by atoms with Crippen LogP contribution in [0, 0.1) is 5.92 Å². The van der Waals surface area contributed by atoms with Gasteiger partial charge < -0.3 is 9.64 Å². The number of carbonyl (C=O) groups excluding carboxylic acids is 1. The van der Waals surface area contributed by atoms with Crippen LogP contribution in [0.4, 0.5) is 8.78 Å². The fourth-order valence-corrected chi connectivity index (χ4v) is 2.77. The van der Waals surface area contributed by atoms with Crippen molar-refractivity contribution in [2.45, 2.75) is 51.3 Å². The van der Waals surface area contributed by atoms with E-state index in [1.165, 1.54) is 25.0 Å². The first-order valence-corrected chi connectivity index (χ1v) is 7.44. The van der Waals surface area contributed by atoms with Crippen molar-refractivity contribution < 1.29 is 18.3 Å². The first-order valence-electron chi connectivity index (χ1n) is 7.44.